The van der Waals surface area contributed by atoms with E-state index in [9.17, 15) is 17.8 Å². The maximum absolute atomic E-state index is 13.2. The fourth-order valence-corrected chi connectivity index (χ4v) is 6.91. The number of carbonyl (C=O) groups is 1. The largest absolute Gasteiger partial charge is 0.488 e. The zero-order chi connectivity index (χ0) is 28.8. The molecule has 1 amide bonds. The molecule has 1 saturated heterocycles. The van der Waals surface area contributed by atoms with Gasteiger partial charge in [-0.05, 0) is 50.2 Å². The van der Waals surface area contributed by atoms with Crippen molar-refractivity contribution in [2.45, 2.75) is 37.4 Å². The van der Waals surface area contributed by atoms with Gasteiger partial charge in [0.25, 0.3) is 5.91 Å². The summed E-state index contributed by atoms with van der Waals surface area (Å²) in [7, 11) is -6.69. The first-order valence-corrected chi connectivity index (χ1v) is 17.1. The van der Waals surface area contributed by atoms with Gasteiger partial charge in [0.1, 0.15) is 23.4 Å². The number of aromatic nitrogens is 1. The summed E-state index contributed by atoms with van der Waals surface area (Å²) in [6, 6.07) is 10.8. The van der Waals surface area contributed by atoms with Crippen molar-refractivity contribution in [1.29, 1.82) is 0 Å². The van der Waals surface area contributed by atoms with Crippen LogP contribution in [0, 0.1) is 0 Å². The van der Waals surface area contributed by atoms with E-state index in [4.69, 9.17) is 23.3 Å². The topological polar surface area (TPSA) is 139 Å². The summed E-state index contributed by atoms with van der Waals surface area (Å²) in [6.07, 6.45) is 1.68. The number of anilines is 1. The molecule has 14 heteroatoms. The van der Waals surface area contributed by atoms with Gasteiger partial charge in [-0.2, -0.15) is 0 Å². The molecule has 1 aliphatic rings. The first-order chi connectivity index (χ1) is 19.1. The number of benzene rings is 2. The molecule has 0 bridgehead atoms. The third-order valence-electron chi connectivity index (χ3n) is 5.60. The van der Waals surface area contributed by atoms with Gasteiger partial charge in [-0.15, -0.1) is 11.3 Å². The van der Waals surface area contributed by atoms with Gasteiger partial charge >= 0.3 is 7.60 Å². The van der Waals surface area contributed by atoms with Crippen molar-refractivity contribution in [3.05, 3.63) is 59.1 Å². The highest BCUT2D eigenvalue weighted by molar-refractivity contribution is 7.90. The van der Waals surface area contributed by atoms with E-state index in [2.05, 4.69) is 10.3 Å². The van der Waals surface area contributed by atoms with Crippen molar-refractivity contribution in [1.82, 2.24) is 4.98 Å². The number of hydrogen-bond acceptors (Lipinski definition) is 11. The molecule has 1 unspecified atom stereocenters. The number of amides is 1. The van der Waals surface area contributed by atoms with Crippen molar-refractivity contribution in [3.63, 3.8) is 0 Å². The molecule has 0 radical (unpaired) electrons. The van der Waals surface area contributed by atoms with Crippen LogP contribution in [0.3, 0.4) is 0 Å². The maximum Gasteiger partial charge on any atom is 0.336 e. The molecule has 11 nitrogen and oxygen atoms in total. The molecule has 2 heterocycles. The highest BCUT2D eigenvalue weighted by Crippen LogP contribution is 2.51. The minimum Gasteiger partial charge on any atom is -0.488 e. The van der Waals surface area contributed by atoms with Gasteiger partial charge in [0.15, 0.2) is 15.0 Å². The Morgan fingerprint density at radius 2 is 1.80 bits per heavy atom. The van der Waals surface area contributed by atoms with Gasteiger partial charge in [0, 0.05) is 29.7 Å². The monoisotopic (exact) mass is 610 g/mol. The zero-order valence-electron chi connectivity index (χ0n) is 22.3. The molecule has 0 spiro atoms. The Morgan fingerprint density at radius 1 is 1.10 bits per heavy atom. The number of ether oxygens (including phenoxy) is 3. The van der Waals surface area contributed by atoms with Gasteiger partial charge in [0.05, 0.1) is 43.2 Å². The zero-order valence-corrected chi connectivity index (χ0v) is 24.9. The number of nitrogens with one attached hydrogen (secondary N) is 1. The molecule has 216 valence electrons. The molecular weight excluding hydrogens is 579 g/mol. The predicted molar refractivity (Wildman–Crippen MR) is 151 cm³/mol. The van der Waals surface area contributed by atoms with Crippen LogP contribution in [0.15, 0.2) is 52.7 Å². The van der Waals surface area contributed by atoms with Crippen LogP contribution in [0.5, 0.6) is 17.2 Å². The van der Waals surface area contributed by atoms with Crippen LogP contribution in [0.4, 0.5) is 5.13 Å². The number of thiazole rings is 1. The number of carbonyl (C=O) groups excluding carboxylic acids is 1. The third kappa shape index (κ3) is 8.35. The molecule has 4 rings (SSSR count). The van der Waals surface area contributed by atoms with Crippen LogP contribution < -0.4 is 14.8 Å². The predicted octanol–water partition coefficient (Wildman–Crippen LogP) is 5.53. The number of sulfone groups is 1. The standard InChI is InChI=1S/C26H31N2O9PS2/c1-4-34-38(30,35-5-2)16-19-17-39-26(27-19)28-25(29)18-12-22(14-23(13-18)37-21-10-11-33-15-21)36-20-6-8-24(9-7-20)40(3,31)32/h6-9,12-14,17,21H,4-5,10-11,15-16H2,1-3H3,(H,27,28,29). The van der Waals surface area contributed by atoms with E-state index >= 15 is 0 Å². The second-order valence-electron chi connectivity index (χ2n) is 8.84. The lowest BCUT2D eigenvalue weighted by molar-refractivity contribution is 0.102. The molecule has 40 heavy (non-hydrogen) atoms. The summed E-state index contributed by atoms with van der Waals surface area (Å²) in [5, 5.41) is 4.76. The summed E-state index contributed by atoms with van der Waals surface area (Å²) in [4.78, 5) is 17.8. The number of nitrogens with zero attached hydrogens (tertiary/aromatic N) is 1. The van der Waals surface area contributed by atoms with E-state index in [1.807, 2.05) is 0 Å². The average molecular weight is 611 g/mol. The van der Waals surface area contributed by atoms with Crippen molar-refractivity contribution < 1.29 is 41.0 Å². The van der Waals surface area contributed by atoms with E-state index in [1.165, 1.54) is 35.6 Å². The first kappa shape index (κ1) is 30.2. The molecule has 1 N–H and O–H groups in total. The summed E-state index contributed by atoms with van der Waals surface area (Å²) >= 11 is 1.19. The molecule has 2 aromatic carbocycles. The quantitative estimate of drug-likeness (QED) is 0.246. The molecule has 1 aliphatic heterocycles. The molecular formula is C26H31N2O9PS2. The SMILES string of the molecule is CCOP(=O)(Cc1csc(NC(=O)c2cc(Oc3ccc(S(C)(=O)=O)cc3)cc(OC3CCOC3)c2)n1)OCC. The lowest BCUT2D eigenvalue weighted by atomic mass is 10.2. The van der Waals surface area contributed by atoms with Crippen molar-refractivity contribution >= 4 is 39.8 Å². The summed E-state index contributed by atoms with van der Waals surface area (Å²) in [5.74, 6) is 0.671. The highest BCUT2D eigenvalue weighted by atomic mass is 32.2. The molecule has 3 aromatic rings. The van der Waals surface area contributed by atoms with Crippen LogP contribution in [0.25, 0.3) is 0 Å². The molecule has 1 aromatic heterocycles. The highest BCUT2D eigenvalue weighted by Gasteiger charge is 2.26. The van der Waals surface area contributed by atoms with Gasteiger partial charge in [-0.1, -0.05) is 0 Å². The number of rotatable bonds is 13. The fraction of sp³-hybridized carbons (Fsp3) is 0.385. The Bertz CT molecular complexity index is 1460. The Balaban J connectivity index is 1.53. The Hall–Kier alpha value is -2.80. The lowest BCUT2D eigenvalue weighted by Crippen LogP contribution is -2.17. The van der Waals surface area contributed by atoms with Crippen LogP contribution in [0.1, 0.15) is 36.3 Å². The second-order valence-corrected chi connectivity index (χ2v) is 13.8. The van der Waals surface area contributed by atoms with Gasteiger partial charge in [-0.25, -0.2) is 13.4 Å². The van der Waals surface area contributed by atoms with Gasteiger partial charge < -0.3 is 23.3 Å². The average Bonchev–Trinajstić information content (AvgIpc) is 3.56. The Morgan fingerprint density at radius 3 is 2.42 bits per heavy atom. The first-order valence-electron chi connectivity index (χ1n) is 12.6. The smallest absolute Gasteiger partial charge is 0.336 e. The minimum absolute atomic E-state index is 0.00997. The number of hydrogen-bond donors (Lipinski definition) is 1. The minimum atomic E-state index is -3.35. The van der Waals surface area contributed by atoms with Crippen LogP contribution in [0.2, 0.25) is 0 Å². The van der Waals surface area contributed by atoms with Crippen LogP contribution in [-0.4, -0.2) is 58.1 Å². The molecule has 0 saturated carbocycles. The van der Waals surface area contributed by atoms with E-state index in [-0.39, 0.29) is 35.9 Å². The summed E-state index contributed by atoms with van der Waals surface area (Å²) in [6.45, 7) is 4.98. The third-order valence-corrected chi connectivity index (χ3v) is 9.55. The van der Waals surface area contributed by atoms with Crippen LogP contribution >= 0.6 is 18.9 Å². The van der Waals surface area contributed by atoms with Crippen molar-refractivity contribution in [2.75, 3.05) is 38.0 Å². The van der Waals surface area contributed by atoms with Gasteiger partial charge in [-0.3, -0.25) is 14.7 Å². The summed E-state index contributed by atoms with van der Waals surface area (Å²) < 4.78 is 64.4. The normalized spacial score (nSPS) is 15.6. The second kappa shape index (κ2) is 13.2. The van der Waals surface area contributed by atoms with E-state index in [0.29, 0.717) is 41.3 Å². The maximum atomic E-state index is 13.2. The molecule has 0 aliphatic carbocycles. The Labute approximate surface area is 237 Å². The van der Waals surface area contributed by atoms with Crippen LogP contribution in [-0.2, 0) is 34.3 Å². The summed E-state index contributed by atoms with van der Waals surface area (Å²) in [5.41, 5.74) is 0.732. The van der Waals surface area contributed by atoms with Gasteiger partial charge in [0.2, 0.25) is 0 Å². The van der Waals surface area contributed by atoms with E-state index < -0.39 is 23.3 Å². The van der Waals surface area contributed by atoms with E-state index in [1.54, 1.807) is 37.4 Å². The lowest BCUT2D eigenvalue weighted by Gasteiger charge is -2.15. The van der Waals surface area contributed by atoms with Crippen molar-refractivity contribution in [3.8, 4) is 17.2 Å². The van der Waals surface area contributed by atoms with Crippen molar-refractivity contribution in [2.24, 2.45) is 0 Å². The fourth-order valence-electron chi connectivity index (χ4n) is 3.85. The van der Waals surface area contributed by atoms with E-state index in [0.717, 1.165) is 12.7 Å². The molecule has 1 fully saturated rings. The Kier molecular flexibility index (Phi) is 9.99. The molecule has 1 atom stereocenters.